The van der Waals surface area contributed by atoms with Crippen molar-refractivity contribution in [1.29, 1.82) is 0 Å². The van der Waals surface area contributed by atoms with E-state index in [1.54, 1.807) is 0 Å². The van der Waals surface area contributed by atoms with Crippen LogP contribution in [0.1, 0.15) is 20.7 Å². The summed E-state index contributed by atoms with van der Waals surface area (Å²) >= 11 is 0. The summed E-state index contributed by atoms with van der Waals surface area (Å²) in [6.45, 7) is -0.195. The zero-order valence-electron chi connectivity index (χ0n) is 16.0. The molecule has 0 saturated carbocycles. The molecule has 0 aromatic heterocycles. The van der Waals surface area contributed by atoms with Gasteiger partial charge in [0.2, 0.25) is 18.3 Å². The number of carbonyl (C=O) groups is 2. The maximum absolute atomic E-state index is 12.0. The molecule has 0 amide bonds. The summed E-state index contributed by atoms with van der Waals surface area (Å²) < 4.78 is 32.1. The van der Waals surface area contributed by atoms with Gasteiger partial charge in [-0.3, -0.25) is 0 Å². The molecule has 1 heterocycles. The van der Waals surface area contributed by atoms with E-state index >= 15 is 0 Å². The van der Waals surface area contributed by atoms with Crippen molar-refractivity contribution in [2.75, 3.05) is 35.2 Å². The summed E-state index contributed by atoms with van der Waals surface area (Å²) in [4.78, 5) is 24.1. The number of carboxylic acids is 2. The third-order valence-electron chi connectivity index (χ3n) is 4.37. The number of fused-ring (bicyclic) bond motifs is 1. The molecule has 0 saturated heterocycles. The van der Waals surface area contributed by atoms with Gasteiger partial charge in [-0.05, 0) is 12.1 Å². The topological polar surface area (TPSA) is 130 Å². The van der Waals surface area contributed by atoms with Crippen molar-refractivity contribution < 1.29 is 48.2 Å². The molecular formula is C19H18O10. The number of hydrogen-bond donors (Lipinski definition) is 2. The first-order valence-corrected chi connectivity index (χ1v) is 8.20. The second-order valence-electron chi connectivity index (χ2n) is 5.74. The molecule has 2 N–H and O–H groups in total. The van der Waals surface area contributed by atoms with Crippen LogP contribution in [0.3, 0.4) is 0 Å². The number of methoxy groups -OCH3 is 4. The number of aromatic carboxylic acids is 2. The highest BCUT2D eigenvalue weighted by Gasteiger charge is 2.35. The lowest BCUT2D eigenvalue weighted by Crippen LogP contribution is -2.09. The van der Waals surface area contributed by atoms with E-state index in [1.807, 2.05) is 0 Å². The van der Waals surface area contributed by atoms with Crippen molar-refractivity contribution in [1.82, 2.24) is 0 Å². The van der Waals surface area contributed by atoms with Crippen molar-refractivity contribution >= 4 is 11.9 Å². The number of hydrogen-bond acceptors (Lipinski definition) is 8. The Bertz CT molecular complexity index is 995. The molecule has 1 aliphatic heterocycles. The predicted octanol–water partition coefficient (Wildman–Crippen LogP) is 2.51. The van der Waals surface area contributed by atoms with Crippen molar-refractivity contribution in [2.24, 2.45) is 0 Å². The van der Waals surface area contributed by atoms with Crippen LogP contribution in [0, 0.1) is 0 Å². The van der Waals surface area contributed by atoms with Gasteiger partial charge in [-0.15, -0.1) is 0 Å². The molecule has 0 fully saturated rings. The molecule has 0 bridgehead atoms. The van der Waals surface area contributed by atoms with Crippen LogP contribution in [0.4, 0.5) is 0 Å². The van der Waals surface area contributed by atoms with Gasteiger partial charge in [0.05, 0.1) is 39.6 Å². The van der Waals surface area contributed by atoms with E-state index in [4.69, 9.17) is 28.4 Å². The van der Waals surface area contributed by atoms with Crippen LogP contribution in [0.25, 0.3) is 11.1 Å². The summed E-state index contributed by atoms with van der Waals surface area (Å²) in [6, 6.07) is 2.45. The van der Waals surface area contributed by atoms with Crippen LogP contribution in [-0.2, 0) is 0 Å². The smallest absolute Gasteiger partial charge is 0.336 e. The SMILES string of the molecule is COc1cc(C(=O)O)c(-c2c(C(=O)O)cc(OC)c3c2OCO3)c(OC)c1OC. The predicted molar refractivity (Wildman–Crippen MR) is 98.1 cm³/mol. The van der Waals surface area contributed by atoms with Crippen molar-refractivity contribution in [3.05, 3.63) is 23.3 Å². The van der Waals surface area contributed by atoms with Crippen LogP contribution in [0.2, 0.25) is 0 Å². The highest BCUT2D eigenvalue weighted by Crippen LogP contribution is 2.55. The van der Waals surface area contributed by atoms with Gasteiger partial charge in [0.15, 0.2) is 23.0 Å². The van der Waals surface area contributed by atoms with Gasteiger partial charge in [0.1, 0.15) is 0 Å². The molecule has 0 unspecified atom stereocenters. The van der Waals surface area contributed by atoms with E-state index in [9.17, 15) is 19.8 Å². The minimum atomic E-state index is -1.33. The highest BCUT2D eigenvalue weighted by molar-refractivity contribution is 6.07. The van der Waals surface area contributed by atoms with E-state index in [2.05, 4.69) is 0 Å². The first-order chi connectivity index (χ1) is 13.9. The van der Waals surface area contributed by atoms with Crippen LogP contribution in [0.15, 0.2) is 12.1 Å². The van der Waals surface area contributed by atoms with E-state index in [1.165, 1.54) is 40.6 Å². The lowest BCUT2D eigenvalue weighted by molar-refractivity contribution is 0.0683. The van der Waals surface area contributed by atoms with Gasteiger partial charge in [0.25, 0.3) is 0 Å². The highest BCUT2D eigenvalue weighted by atomic mass is 16.7. The molecule has 10 heteroatoms. The van der Waals surface area contributed by atoms with Gasteiger partial charge < -0.3 is 38.6 Å². The molecule has 10 nitrogen and oxygen atoms in total. The molecule has 0 radical (unpaired) electrons. The molecular weight excluding hydrogens is 388 g/mol. The van der Waals surface area contributed by atoms with Crippen LogP contribution >= 0.6 is 0 Å². The Labute approximate surface area is 165 Å². The molecule has 1 aliphatic rings. The Hall–Kier alpha value is -3.82. The second kappa shape index (κ2) is 7.66. The van der Waals surface area contributed by atoms with Crippen molar-refractivity contribution in [3.63, 3.8) is 0 Å². The molecule has 2 aromatic rings. The largest absolute Gasteiger partial charge is 0.493 e. The average molecular weight is 406 g/mol. The minimum absolute atomic E-state index is 0.0229. The van der Waals surface area contributed by atoms with Gasteiger partial charge in [-0.2, -0.15) is 0 Å². The first-order valence-electron chi connectivity index (χ1n) is 8.20. The van der Waals surface area contributed by atoms with Crippen molar-refractivity contribution in [3.8, 4) is 45.6 Å². The third-order valence-corrected chi connectivity index (χ3v) is 4.37. The summed E-state index contributed by atoms with van der Waals surface area (Å²) in [7, 11) is 5.34. The molecule has 0 spiro atoms. The zero-order chi connectivity index (χ0) is 21.3. The Morgan fingerprint density at radius 3 is 1.79 bits per heavy atom. The third kappa shape index (κ3) is 3.08. The molecule has 0 aliphatic carbocycles. The van der Waals surface area contributed by atoms with Crippen LogP contribution in [0.5, 0.6) is 34.5 Å². The van der Waals surface area contributed by atoms with E-state index in [0.717, 1.165) is 0 Å². The number of carboxylic acid groups (broad SMARTS) is 2. The van der Waals surface area contributed by atoms with Crippen molar-refractivity contribution in [2.45, 2.75) is 0 Å². The minimum Gasteiger partial charge on any atom is -0.493 e. The quantitative estimate of drug-likeness (QED) is 0.707. The standard InChI is InChI=1S/C19H18O10/c1-24-10-5-8(18(20)21)12(16(27-4)14(10)26-3)13-9(19(22)23)6-11(25-2)15-17(13)29-7-28-15/h5-6H,7H2,1-4H3,(H,20,21)(H,22,23). The summed E-state index contributed by atoms with van der Waals surface area (Å²) in [5.41, 5.74) is -0.635. The molecule has 0 atom stereocenters. The Morgan fingerprint density at radius 2 is 1.28 bits per heavy atom. The molecule has 3 rings (SSSR count). The Balaban J connectivity index is 2.53. The monoisotopic (exact) mass is 406 g/mol. The fourth-order valence-corrected chi connectivity index (χ4v) is 3.18. The lowest BCUT2D eigenvalue weighted by Gasteiger charge is -2.20. The summed E-state index contributed by atoms with van der Waals surface area (Å²) in [6.07, 6.45) is 0. The molecule has 154 valence electrons. The lowest BCUT2D eigenvalue weighted by atomic mass is 9.91. The van der Waals surface area contributed by atoms with Crippen LogP contribution in [-0.4, -0.2) is 57.4 Å². The Morgan fingerprint density at radius 1 is 0.759 bits per heavy atom. The molecule has 29 heavy (non-hydrogen) atoms. The normalized spacial score (nSPS) is 11.7. The van der Waals surface area contributed by atoms with E-state index in [-0.39, 0.29) is 63.5 Å². The molecule has 2 aromatic carbocycles. The fourth-order valence-electron chi connectivity index (χ4n) is 3.18. The maximum atomic E-state index is 12.0. The Kier molecular flexibility index (Phi) is 5.26. The summed E-state index contributed by atoms with van der Waals surface area (Å²) in [5, 5.41) is 19.6. The fraction of sp³-hybridized carbons (Fsp3) is 0.263. The van der Waals surface area contributed by atoms with Gasteiger partial charge >= 0.3 is 11.9 Å². The van der Waals surface area contributed by atoms with E-state index < -0.39 is 11.9 Å². The van der Waals surface area contributed by atoms with Gasteiger partial charge in [-0.25, -0.2) is 9.59 Å². The number of ether oxygens (including phenoxy) is 6. The first kappa shape index (κ1) is 19.9. The van der Waals surface area contributed by atoms with E-state index in [0.29, 0.717) is 0 Å². The zero-order valence-corrected chi connectivity index (χ0v) is 16.0. The number of rotatable bonds is 7. The maximum Gasteiger partial charge on any atom is 0.336 e. The average Bonchev–Trinajstić information content (AvgIpc) is 3.20. The second-order valence-corrected chi connectivity index (χ2v) is 5.74. The number of benzene rings is 2. The summed E-state index contributed by atoms with van der Waals surface area (Å²) in [5.74, 6) is -2.19. The van der Waals surface area contributed by atoms with Gasteiger partial charge in [0, 0.05) is 11.1 Å². The van der Waals surface area contributed by atoms with Gasteiger partial charge in [-0.1, -0.05) is 0 Å². The van der Waals surface area contributed by atoms with Crippen LogP contribution < -0.4 is 28.4 Å².